The molecule has 0 fully saturated rings. The lowest BCUT2D eigenvalue weighted by Gasteiger charge is -2.07. The van der Waals surface area contributed by atoms with Crippen molar-refractivity contribution in [2.45, 2.75) is 0 Å². The van der Waals surface area contributed by atoms with Gasteiger partial charge in [0.1, 0.15) is 0 Å². The second-order valence-corrected chi connectivity index (χ2v) is 4.81. The minimum absolute atomic E-state index is 0.0419. The fourth-order valence-corrected chi connectivity index (χ4v) is 2.08. The van der Waals surface area contributed by atoms with Crippen LogP contribution in [0.1, 0.15) is 16.1 Å². The highest BCUT2D eigenvalue weighted by atomic mass is 16.6. The van der Waals surface area contributed by atoms with Crippen LogP contribution in [-0.4, -0.2) is 18.2 Å². The summed E-state index contributed by atoms with van der Waals surface area (Å²) < 4.78 is 15.6. The highest BCUT2D eigenvalue weighted by Crippen LogP contribution is 2.29. The van der Waals surface area contributed by atoms with Crippen molar-refractivity contribution in [1.82, 2.24) is 5.16 Å². The number of carbonyl (C=O) groups is 1. The molecule has 0 spiro atoms. The van der Waals surface area contributed by atoms with Crippen molar-refractivity contribution in [3.63, 3.8) is 0 Å². The fourth-order valence-electron chi connectivity index (χ4n) is 2.08. The lowest BCUT2D eigenvalue weighted by Crippen LogP contribution is -2.09. The van der Waals surface area contributed by atoms with Crippen LogP contribution in [0.4, 0.5) is 0 Å². The number of ether oxygens (including phenoxy) is 2. The van der Waals surface area contributed by atoms with Crippen LogP contribution < -0.4 is 9.47 Å². The predicted octanol–water partition coefficient (Wildman–Crippen LogP) is 3.44. The molecule has 3 aromatic rings. The van der Waals surface area contributed by atoms with Gasteiger partial charge in [-0.25, -0.2) is 4.79 Å². The normalized spacial score (nSPS) is 10.0. The van der Waals surface area contributed by atoms with E-state index in [0.29, 0.717) is 11.3 Å². The fraction of sp³-hybridized carbons (Fsp3) is 0.0556. The van der Waals surface area contributed by atoms with Crippen LogP contribution in [-0.2, 0) is 0 Å². The molecule has 0 saturated heterocycles. The quantitative estimate of drug-likeness (QED) is 0.540. The summed E-state index contributed by atoms with van der Waals surface area (Å²) in [6, 6.07) is 17.3. The maximum Gasteiger partial charge on any atom is 0.366 e. The lowest BCUT2D eigenvalue weighted by molar-refractivity contribution is 0.0719. The molecule has 2 aromatic carbocycles. The van der Waals surface area contributed by atoms with E-state index in [4.69, 9.17) is 19.3 Å². The number of methoxy groups -OCH3 is 1. The van der Waals surface area contributed by atoms with Gasteiger partial charge in [0.2, 0.25) is 0 Å². The number of esters is 1. The third kappa shape index (κ3) is 3.10. The molecule has 0 aliphatic heterocycles. The molecular weight excluding hydrogens is 308 g/mol. The lowest BCUT2D eigenvalue weighted by atomic mass is 10.2. The summed E-state index contributed by atoms with van der Waals surface area (Å²) in [6.45, 7) is 0. The number of hydrogen-bond acceptors (Lipinski definition) is 6. The zero-order valence-electron chi connectivity index (χ0n) is 12.7. The minimum atomic E-state index is -0.677. The SMILES string of the molecule is COc1cc(C#N)ccc1OC(=O)c1cc(-c2ccccc2)on1. The molecule has 1 aromatic heterocycles. The molecule has 0 aliphatic rings. The predicted molar refractivity (Wildman–Crippen MR) is 84.6 cm³/mol. The Morgan fingerprint density at radius 2 is 1.92 bits per heavy atom. The Morgan fingerprint density at radius 3 is 2.62 bits per heavy atom. The maximum absolute atomic E-state index is 12.2. The molecule has 3 rings (SSSR count). The van der Waals surface area contributed by atoms with E-state index in [2.05, 4.69) is 5.16 Å². The molecule has 0 N–H and O–H groups in total. The molecule has 6 nitrogen and oxygen atoms in total. The number of carbonyl (C=O) groups excluding carboxylic acids is 1. The van der Waals surface area contributed by atoms with Gasteiger partial charge in [0.15, 0.2) is 23.0 Å². The van der Waals surface area contributed by atoms with Crippen LogP contribution in [0.2, 0.25) is 0 Å². The molecule has 118 valence electrons. The summed E-state index contributed by atoms with van der Waals surface area (Å²) in [5, 5.41) is 12.6. The zero-order chi connectivity index (χ0) is 16.9. The van der Waals surface area contributed by atoms with Gasteiger partial charge < -0.3 is 14.0 Å². The Bertz CT molecular complexity index is 910. The second-order valence-electron chi connectivity index (χ2n) is 4.81. The number of rotatable bonds is 4. The number of aromatic nitrogens is 1. The van der Waals surface area contributed by atoms with Crippen LogP contribution in [0.5, 0.6) is 11.5 Å². The van der Waals surface area contributed by atoms with E-state index in [1.807, 2.05) is 36.4 Å². The van der Waals surface area contributed by atoms with Crippen molar-refractivity contribution in [1.29, 1.82) is 5.26 Å². The number of nitriles is 1. The largest absolute Gasteiger partial charge is 0.493 e. The molecule has 6 heteroatoms. The average molecular weight is 320 g/mol. The minimum Gasteiger partial charge on any atom is -0.493 e. The van der Waals surface area contributed by atoms with Gasteiger partial charge in [-0.1, -0.05) is 35.5 Å². The van der Waals surface area contributed by atoms with Gasteiger partial charge >= 0.3 is 5.97 Å². The highest BCUT2D eigenvalue weighted by Gasteiger charge is 2.18. The van der Waals surface area contributed by atoms with Crippen molar-refractivity contribution in [3.05, 3.63) is 65.9 Å². The van der Waals surface area contributed by atoms with Gasteiger partial charge in [0.05, 0.1) is 18.7 Å². The monoisotopic (exact) mass is 320 g/mol. The number of hydrogen-bond donors (Lipinski definition) is 0. The van der Waals surface area contributed by atoms with E-state index >= 15 is 0 Å². The summed E-state index contributed by atoms with van der Waals surface area (Å²) in [5.41, 5.74) is 1.25. The molecule has 0 atom stereocenters. The standard InChI is InChI=1S/C18H12N2O4/c1-22-17-9-12(11-19)7-8-15(17)23-18(21)14-10-16(24-20-14)13-5-3-2-4-6-13/h2-10H,1H3. The molecule has 0 bridgehead atoms. The van der Waals surface area contributed by atoms with E-state index in [1.165, 1.54) is 31.4 Å². The zero-order valence-corrected chi connectivity index (χ0v) is 12.7. The molecule has 0 aliphatic carbocycles. The molecule has 0 amide bonds. The average Bonchev–Trinajstić information content (AvgIpc) is 3.13. The van der Waals surface area contributed by atoms with Crippen LogP contribution in [0.3, 0.4) is 0 Å². The van der Waals surface area contributed by atoms with E-state index < -0.39 is 5.97 Å². The number of benzene rings is 2. The first-order chi connectivity index (χ1) is 11.7. The third-order valence-corrected chi connectivity index (χ3v) is 3.27. The van der Waals surface area contributed by atoms with Crippen molar-refractivity contribution in [2.24, 2.45) is 0 Å². The summed E-state index contributed by atoms with van der Waals surface area (Å²) in [6.07, 6.45) is 0. The van der Waals surface area contributed by atoms with E-state index in [1.54, 1.807) is 0 Å². The Kier molecular flexibility index (Phi) is 4.25. The van der Waals surface area contributed by atoms with Crippen molar-refractivity contribution >= 4 is 5.97 Å². The van der Waals surface area contributed by atoms with Crippen molar-refractivity contribution in [2.75, 3.05) is 7.11 Å². The Balaban J connectivity index is 1.81. The highest BCUT2D eigenvalue weighted by molar-refractivity contribution is 5.90. The van der Waals surface area contributed by atoms with Crippen LogP contribution in [0, 0.1) is 11.3 Å². The summed E-state index contributed by atoms with van der Waals surface area (Å²) in [5.74, 6) is 0.276. The molecule has 1 heterocycles. The summed E-state index contributed by atoms with van der Waals surface area (Å²) in [7, 11) is 1.43. The van der Waals surface area contributed by atoms with E-state index in [0.717, 1.165) is 5.56 Å². The van der Waals surface area contributed by atoms with E-state index in [-0.39, 0.29) is 17.2 Å². The number of nitrogens with zero attached hydrogens (tertiary/aromatic N) is 2. The second kappa shape index (κ2) is 6.67. The topological polar surface area (TPSA) is 85.4 Å². The van der Waals surface area contributed by atoms with Gasteiger partial charge in [0, 0.05) is 17.7 Å². The molecule has 0 saturated carbocycles. The first-order valence-corrected chi connectivity index (χ1v) is 7.03. The van der Waals surface area contributed by atoms with Gasteiger partial charge in [-0.3, -0.25) is 0 Å². The van der Waals surface area contributed by atoms with Crippen LogP contribution in [0.15, 0.2) is 59.1 Å². The molecule has 0 unspecified atom stereocenters. The summed E-state index contributed by atoms with van der Waals surface area (Å²) >= 11 is 0. The van der Waals surface area contributed by atoms with Gasteiger partial charge in [-0.15, -0.1) is 0 Å². The Morgan fingerprint density at radius 1 is 1.12 bits per heavy atom. The van der Waals surface area contributed by atoms with Crippen LogP contribution in [0.25, 0.3) is 11.3 Å². The van der Waals surface area contributed by atoms with Crippen LogP contribution >= 0.6 is 0 Å². The van der Waals surface area contributed by atoms with Gasteiger partial charge in [-0.05, 0) is 12.1 Å². The maximum atomic E-state index is 12.2. The molecular formula is C18H12N2O4. The Hall–Kier alpha value is -3.59. The van der Waals surface area contributed by atoms with Crippen molar-refractivity contribution < 1.29 is 18.8 Å². The Labute approximate surface area is 137 Å². The summed E-state index contributed by atoms with van der Waals surface area (Å²) in [4.78, 5) is 12.2. The third-order valence-electron chi connectivity index (χ3n) is 3.27. The first-order valence-electron chi connectivity index (χ1n) is 7.03. The first kappa shape index (κ1) is 15.3. The van der Waals surface area contributed by atoms with E-state index in [9.17, 15) is 4.79 Å². The van der Waals surface area contributed by atoms with Gasteiger partial charge in [0.25, 0.3) is 0 Å². The molecule has 24 heavy (non-hydrogen) atoms. The molecule has 0 radical (unpaired) electrons. The van der Waals surface area contributed by atoms with Crippen molar-refractivity contribution in [3.8, 4) is 28.9 Å². The van der Waals surface area contributed by atoms with Gasteiger partial charge in [-0.2, -0.15) is 5.26 Å². The smallest absolute Gasteiger partial charge is 0.366 e.